The van der Waals surface area contributed by atoms with Crippen LogP contribution >= 0.6 is 0 Å². The zero-order chi connectivity index (χ0) is 22.1. The Morgan fingerprint density at radius 2 is 1.70 bits per heavy atom. The van der Waals surface area contributed by atoms with Crippen LogP contribution in [0.15, 0.2) is 18.2 Å². The van der Waals surface area contributed by atoms with Gasteiger partial charge in [0.15, 0.2) is 11.5 Å². The van der Waals surface area contributed by atoms with Crippen LogP contribution in [0.1, 0.15) is 52.9 Å². The summed E-state index contributed by atoms with van der Waals surface area (Å²) >= 11 is 0. The van der Waals surface area contributed by atoms with Crippen molar-refractivity contribution in [2.75, 3.05) is 39.2 Å². The lowest BCUT2D eigenvalue weighted by Crippen LogP contribution is -2.49. The van der Waals surface area contributed by atoms with Crippen molar-refractivity contribution < 1.29 is 19.1 Å². The SMILES string of the molecule is CCOc1ccc(NC(=O)CN(C)[C@@H](C)C(=O)N(C)C2CCCCC2)cc1OCC. The lowest BCUT2D eigenvalue weighted by Gasteiger charge is -2.35. The Morgan fingerprint density at radius 3 is 2.33 bits per heavy atom. The number of carbonyl (C=O) groups is 2. The molecule has 0 heterocycles. The molecule has 1 saturated carbocycles. The average Bonchev–Trinajstić information content (AvgIpc) is 2.74. The van der Waals surface area contributed by atoms with Crippen molar-refractivity contribution in [3.8, 4) is 11.5 Å². The van der Waals surface area contributed by atoms with Gasteiger partial charge in [0.05, 0.1) is 25.8 Å². The Hall–Kier alpha value is -2.28. The summed E-state index contributed by atoms with van der Waals surface area (Å²) in [5, 5.41) is 2.89. The largest absolute Gasteiger partial charge is 0.490 e. The second kappa shape index (κ2) is 11.8. The van der Waals surface area contributed by atoms with Gasteiger partial charge < -0.3 is 19.7 Å². The Morgan fingerprint density at radius 1 is 1.07 bits per heavy atom. The van der Waals surface area contributed by atoms with E-state index < -0.39 is 0 Å². The Bertz CT molecular complexity index is 704. The number of nitrogens with zero attached hydrogens (tertiary/aromatic N) is 2. The van der Waals surface area contributed by atoms with Gasteiger partial charge in [0.2, 0.25) is 11.8 Å². The predicted octanol–water partition coefficient (Wildman–Crippen LogP) is 3.53. The van der Waals surface area contributed by atoms with E-state index in [9.17, 15) is 9.59 Å². The quantitative estimate of drug-likeness (QED) is 0.628. The molecule has 7 heteroatoms. The number of hydrogen-bond donors (Lipinski definition) is 1. The summed E-state index contributed by atoms with van der Waals surface area (Å²) in [7, 11) is 3.69. The van der Waals surface area contributed by atoms with Crippen molar-refractivity contribution in [1.82, 2.24) is 9.80 Å². The van der Waals surface area contributed by atoms with Crippen molar-refractivity contribution >= 4 is 17.5 Å². The molecule has 2 rings (SSSR count). The van der Waals surface area contributed by atoms with Crippen LogP contribution in [0.3, 0.4) is 0 Å². The maximum absolute atomic E-state index is 12.9. The number of hydrogen-bond acceptors (Lipinski definition) is 5. The molecular weight excluding hydrogens is 382 g/mol. The van der Waals surface area contributed by atoms with E-state index in [0.29, 0.717) is 36.4 Å². The standard InChI is InChI=1S/C23H37N3O4/c1-6-29-20-14-13-18(15-21(20)30-7-2)24-22(27)16-25(4)17(3)23(28)26(5)19-11-9-8-10-12-19/h13-15,17,19H,6-12,16H2,1-5H3,(H,24,27)/t17-/m0/s1. The van der Waals surface area contributed by atoms with Crippen LogP contribution in [-0.2, 0) is 9.59 Å². The molecule has 2 amide bonds. The summed E-state index contributed by atoms with van der Waals surface area (Å²) in [4.78, 5) is 29.1. The van der Waals surface area contributed by atoms with Crippen LogP contribution in [0.25, 0.3) is 0 Å². The maximum atomic E-state index is 12.9. The van der Waals surface area contributed by atoms with Gasteiger partial charge in [0.25, 0.3) is 0 Å². The van der Waals surface area contributed by atoms with Gasteiger partial charge in [-0.1, -0.05) is 19.3 Å². The van der Waals surface area contributed by atoms with Crippen LogP contribution in [0.5, 0.6) is 11.5 Å². The first-order chi connectivity index (χ1) is 14.4. The number of benzene rings is 1. The highest BCUT2D eigenvalue weighted by molar-refractivity contribution is 5.93. The van der Waals surface area contributed by atoms with Crippen LogP contribution in [0, 0.1) is 0 Å². The molecule has 168 valence electrons. The number of rotatable bonds is 10. The highest BCUT2D eigenvalue weighted by Gasteiger charge is 2.28. The molecule has 0 aliphatic heterocycles. The van der Waals surface area contributed by atoms with Gasteiger partial charge in [-0.15, -0.1) is 0 Å². The van der Waals surface area contributed by atoms with Crippen molar-refractivity contribution in [2.45, 2.75) is 65.0 Å². The summed E-state index contributed by atoms with van der Waals surface area (Å²) in [6.45, 7) is 6.85. The molecule has 30 heavy (non-hydrogen) atoms. The molecule has 1 aromatic rings. The summed E-state index contributed by atoms with van der Waals surface area (Å²) in [6, 6.07) is 5.30. The number of nitrogens with one attached hydrogen (secondary N) is 1. The highest BCUT2D eigenvalue weighted by atomic mass is 16.5. The van der Waals surface area contributed by atoms with Gasteiger partial charge in [0, 0.05) is 24.8 Å². The fourth-order valence-corrected chi connectivity index (χ4v) is 3.82. The number of likely N-dealkylation sites (N-methyl/N-ethyl adjacent to an activating group) is 2. The molecule has 7 nitrogen and oxygen atoms in total. The van der Waals surface area contributed by atoms with E-state index in [1.807, 2.05) is 32.7 Å². The van der Waals surface area contributed by atoms with E-state index in [1.165, 1.54) is 19.3 Å². The van der Waals surface area contributed by atoms with E-state index in [2.05, 4.69) is 5.32 Å². The molecule has 1 aromatic carbocycles. The number of anilines is 1. The molecule has 1 fully saturated rings. The molecular formula is C23H37N3O4. The van der Waals surface area contributed by atoms with Crippen molar-refractivity contribution in [3.05, 3.63) is 18.2 Å². The average molecular weight is 420 g/mol. The topological polar surface area (TPSA) is 71.1 Å². The summed E-state index contributed by atoms with van der Waals surface area (Å²) in [6.07, 6.45) is 5.75. The molecule has 1 aliphatic carbocycles. The first-order valence-electron chi connectivity index (χ1n) is 11.0. The second-order valence-electron chi connectivity index (χ2n) is 7.91. The zero-order valence-electron chi connectivity index (χ0n) is 19.1. The summed E-state index contributed by atoms with van der Waals surface area (Å²) in [5.74, 6) is 1.14. The molecule has 0 saturated heterocycles. The number of carbonyl (C=O) groups excluding carboxylic acids is 2. The van der Waals surface area contributed by atoms with Gasteiger partial charge in [-0.25, -0.2) is 0 Å². The highest BCUT2D eigenvalue weighted by Crippen LogP contribution is 2.30. The minimum absolute atomic E-state index is 0.0666. The first-order valence-corrected chi connectivity index (χ1v) is 11.0. The van der Waals surface area contributed by atoms with Crippen LogP contribution in [0.2, 0.25) is 0 Å². The fraction of sp³-hybridized carbons (Fsp3) is 0.652. The lowest BCUT2D eigenvalue weighted by atomic mass is 9.94. The van der Waals surface area contributed by atoms with Gasteiger partial charge in [-0.2, -0.15) is 0 Å². The molecule has 1 atom stereocenters. The third kappa shape index (κ3) is 6.62. The summed E-state index contributed by atoms with van der Waals surface area (Å²) in [5.41, 5.74) is 0.638. The number of ether oxygens (including phenoxy) is 2. The molecule has 0 bridgehead atoms. The van der Waals surface area contributed by atoms with E-state index in [0.717, 1.165) is 12.8 Å². The third-order valence-corrected chi connectivity index (χ3v) is 5.71. The van der Waals surface area contributed by atoms with E-state index in [4.69, 9.17) is 9.47 Å². The fourth-order valence-electron chi connectivity index (χ4n) is 3.82. The van der Waals surface area contributed by atoms with Gasteiger partial charge in [0.1, 0.15) is 0 Å². The monoisotopic (exact) mass is 419 g/mol. The molecule has 0 spiro atoms. The molecule has 0 unspecified atom stereocenters. The minimum atomic E-state index is -0.359. The normalized spacial score (nSPS) is 15.5. The van der Waals surface area contributed by atoms with Crippen molar-refractivity contribution in [3.63, 3.8) is 0 Å². The van der Waals surface area contributed by atoms with Gasteiger partial charge in [-0.3, -0.25) is 14.5 Å². The molecule has 1 N–H and O–H groups in total. The van der Waals surface area contributed by atoms with Gasteiger partial charge >= 0.3 is 0 Å². The Kier molecular flexibility index (Phi) is 9.43. The summed E-state index contributed by atoms with van der Waals surface area (Å²) < 4.78 is 11.2. The van der Waals surface area contributed by atoms with E-state index >= 15 is 0 Å². The smallest absolute Gasteiger partial charge is 0.239 e. The predicted molar refractivity (Wildman–Crippen MR) is 119 cm³/mol. The van der Waals surface area contributed by atoms with Crippen molar-refractivity contribution in [2.24, 2.45) is 0 Å². The van der Waals surface area contributed by atoms with Crippen LogP contribution < -0.4 is 14.8 Å². The minimum Gasteiger partial charge on any atom is -0.490 e. The second-order valence-corrected chi connectivity index (χ2v) is 7.91. The number of amides is 2. The zero-order valence-corrected chi connectivity index (χ0v) is 19.1. The van der Waals surface area contributed by atoms with E-state index in [1.54, 1.807) is 30.1 Å². The van der Waals surface area contributed by atoms with E-state index in [-0.39, 0.29) is 24.4 Å². The van der Waals surface area contributed by atoms with Gasteiger partial charge in [-0.05, 0) is 52.8 Å². The molecule has 1 aliphatic rings. The van der Waals surface area contributed by atoms with Crippen molar-refractivity contribution in [1.29, 1.82) is 0 Å². The molecule has 0 aromatic heterocycles. The van der Waals surface area contributed by atoms with Crippen LogP contribution in [-0.4, -0.2) is 67.6 Å². The molecule has 0 radical (unpaired) electrons. The lowest BCUT2D eigenvalue weighted by molar-refractivity contribution is -0.137. The first kappa shape index (κ1) is 24.0. The third-order valence-electron chi connectivity index (χ3n) is 5.71. The maximum Gasteiger partial charge on any atom is 0.239 e. The Labute approximate surface area is 180 Å². The van der Waals surface area contributed by atoms with Crippen LogP contribution in [0.4, 0.5) is 5.69 Å². The Balaban J connectivity index is 1.93.